The zero-order chi connectivity index (χ0) is 20.9. The van der Waals surface area contributed by atoms with Gasteiger partial charge in [0, 0.05) is 37.3 Å². The fourth-order valence-electron chi connectivity index (χ4n) is 4.87. The molecule has 0 saturated carbocycles. The molecule has 8 nitrogen and oxygen atoms in total. The lowest BCUT2D eigenvalue weighted by molar-refractivity contribution is -0.384. The number of benzene rings is 1. The number of nitro groups is 1. The molecule has 0 aliphatic carbocycles. The Bertz CT molecular complexity index is 948. The first-order valence-electron chi connectivity index (χ1n) is 9.62. The highest BCUT2D eigenvalue weighted by atomic mass is 32.1. The van der Waals surface area contributed by atoms with Crippen LogP contribution in [0.1, 0.15) is 25.3 Å². The van der Waals surface area contributed by atoms with Gasteiger partial charge >= 0.3 is 0 Å². The van der Waals surface area contributed by atoms with E-state index in [1.807, 2.05) is 0 Å². The molecule has 1 spiro atoms. The van der Waals surface area contributed by atoms with E-state index < -0.39 is 16.2 Å². The molecule has 3 atom stereocenters. The summed E-state index contributed by atoms with van der Waals surface area (Å²) in [5, 5.41) is 14.1. The number of nitrogens with one attached hydrogen (secondary N) is 1. The Balaban J connectivity index is 1.89. The molecule has 0 unspecified atom stereocenters. The van der Waals surface area contributed by atoms with E-state index in [-0.39, 0.29) is 35.7 Å². The molecule has 29 heavy (non-hydrogen) atoms. The van der Waals surface area contributed by atoms with Crippen LogP contribution in [-0.4, -0.2) is 45.9 Å². The fraction of sp³-hybridized carbons (Fsp3) is 0.450. The SMILES string of the molecule is C=CCN1C(=O)[C@]2(Cc3cc([N+](=O)[O-])ccc3N3CC[C@@H](C)C[C@H]32)C(=O)NC1=S. The van der Waals surface area contributed by atoms with Crippen molar-refractivity contribution in [1.82, 2.24) is 10.2 Å². The van der Waals surface area contributed by atoms with Crippen molar-refractivity contribution in [3.8, 4) is 0 Å². The van der Waals surface area contributed by atoms with Crippen LogP contribution in [0.2, 0.25) is 0 Å². The highest BCUT2D eigenvalue weighted by Gasteiger charge is 2.61. The van der Waals surface area contributed by atoms with Gasteiger partial charge in [0.1, 0.15) is 0 Å². The number of amides is 2. The maximum atomic E-state index is 13.7. The summed E-state index contributed by atoms with van der Waals surface area (Å²) in [5.41, 5.74) is 0.0780. The number of non-ortho nitro benzene ring substituents is 1. The largest absolute Gasteiger partial charge is 0.367 e. The highest BCUT2D eigenvalue weighted by molar-refractivity contribution is 7.80. The number of anilines is 1. The molecule has 152 valence electrons. The lowest BCUT2D eigenvalue weighted by Crippen LogP contribution is -2.72. The maximum Gasteiger partial charge on any atom is 0.269 e. The van der Waals surface area contributed by atoms with Gasteiger partial charge in [-0.05, 0) is 42.6 Å². The molecule has 3 aliphatic heterocycles. The molecular weight excluding hydrogens is 392 g/mol. The van der Waals surface area contributed by atoms with Crippen LogP contribution in [-0.2, 0) is 16.0 Å². The van der Waals surface area contributed by atoms with E-state index in [9.17, 15) is 19.7 Å². The second kappa shape index (κ2) is 6.91. The summed E-state index contributed by atoms with van der Waals surface area (Å²) >= 11 is 5.22. The van der Waals surface area contributed by atoms with Crippen LogP contribution < -0.4 is 10.2 Å². The van der Waals surface area contributed by atoms with Crippen molar-refractivity contribution in [3.05, 3.63) is 46.5 Å². The van der Waals surface area contributed by atoms with Gasteiger partial charge in [-0.3, -0.25) is 24.6 Å². The normalized spacial score (nSPS) is 28.7. The van der Waals surface area contributed by atoms with Crippen LogP contribution in [0.25, 0.3) is 0 Å². The Labute approximate surface area is 173 Å². The summed E-state index contributed by atoms with van der Waals surface area (Å²) in [5.74, 6) is -0.420. The number of piperidine rings is 1. The van der Waals surface area contributed by atoms with Crippen molar-refractivity contribution in [1.29, 1.82) is 0 Å². The summed E-state index contributed by atoms with van der Waals surface area (Å²) in [6.07, 6.45) is 3.29. The molecule has 3 aliphatic rings. The average Bonchev–Trinajstić information content (AvgIpc) is 2.68. The van der Waals surface area contributed by atoms with Gasteiger partial charge in [-0.25, -0.2) is 0 Å². The van der Waals surface area contributed by atoms with Gasteiger partial charge in [0.05, 0.1) is 11.0 Å². The van der Waals surface area contributed by atoms with E-state index >= 15 is 0 Å². The van der Waals surface area contributed by atoms with Gasteiger partial charge in [0.25, 0.3) is 5.69 Å². The number of nitrogens with zero attached hydrogens (tertiary/aromatic N) is 3. The van der Waals surface area contributed by atoms with Crippen molar-refractivity contribution in [2.45, 2.75) is 32.2 Å². The van der Waals surface area contributed by atoms with Crippen molar-refractivity contribution in [3.63, 3.8) is 0 Å². The quantitative estimate of drug-likeness (QED) is 0.268. The molecule has 0 aromatic heterocycles. The molecule has 9 heteroatoms. The molecule has 2 amide bonds. The minimum absolute atomic E-state index is 0.0511. The first-order valence-corrected chi connectivity index (χ1v) is 10.0. The molecule has 0 radical (unpaired) electrons. The Kier molecular flexibility index (Phi) is 4.65. The minimum atomic E-state index is -1.37. The van der Waals surface area contributed by atoms with Crippen LogP contribution in [0.15, 0.2) is 30.9 Å². The molecule has 2 fully saturated rings. The number of hydrogen-bond acceptors (Lipinski definition) is 6. The van der Waals surface area contributed by atoms with E-state index in [0.29, 0.717) is 24.4 Å². The second-order valence-electron chi connectivity index (χ2n) is 8.02. The first kappa shape index (κ1) is 19.5. The third-order valence-electron chi connectivity index (χ3n) is 6.30. The van der Waals surface area contributed by atoms with Crippen LogP contribution in [0, 0.1) is 21.4 Å². The average molecular weight is 414 g/mol. The van der Waals surface area contributed by atoms with Crippen molar-refractivity contribution >= 4 is 40.5 Å². The van der Waals surface area contributed by atoms with E-state index in [4.69, 9.17) is 12.2 Å². The predicted octanol–water partition coefficient (Wildman–Crippen LogP) is 2.17. The Morgan fingerprint density at radius 3 is 2.90 bits per heavy atom. The topological polar surface area (TPSA) is 95.8 Å². The summed E-state index contributed by atoms with van der Waals surface area (Å²) < 4.78 is 0. The summed E-state index contributed by atoms with van der Waals surface area (Å²) in [6, 6.07) is 4.37. The van der Waals surface area contributed by atoms with E-state index in [2.05, 4.69) is 23.7 Å². The monoisotopic (exact) mass is 414 g/mol. The van der Waals surface area contributed by atoms with Crippen LogP contribution in [0.3, 0.4) is 0 Å². The summed E-state index contributed by atoms with van der Waals surface area (Å²) in [7, 11) is 0. The number of hydrogen-bond donors (Lipinski definition) is 1. The van der Waals surface area contributed by atoms with Crippen molar-refractivity contribution in [2.24, 2.45) is 11.3 Å². The molecule has 1 aromatic rings. The van der Waals surface area contributed by atoms with Gasteiger partial charge in [-0.15, -0.1) is 6.58 Å². The lowest BCUT2D eigenvalue weighted by atomic mass is 9.65. The van der Waals surface area contributed by atoms with Gasteiger partial charge in [-0.2, -0.15) is 0 Å². The number of thiocarbonyl (C=S) groups is 1. The van der Waals surface area contributed by atoms with Gasteiger partial charge in [0.15, 0.2) is 10.5 Å². The van der Waals surface area contributed by atoms with Crippen molar-refractivity contribution < 1.29 is 14.5 Å². The third-order valence-corrected chi connectivity index (χ3v) is 6.62. The molecular formula is C20H22N4O4S. The number of carbonyl (C=O) groups excluding carboxylic acids is 2. The molecule has 4 rings (SSSR count). The molecule has 2 saturated heterocycles. The summed E-state index contributed by atoms with van der Waals surface area (Å²) in [4.78, 5) is 41.3. The Morgan fingerprint density at radius 1 is 1.45 bits per heavy atom. The van der Waals surface area contributed by atoms with E-state index in [1.54, 1.807) is 12.1 Å². The summed E-state index contributed by atoms with van der Waals surface area (Å²) in [6.45, 7) is 6.69. The first-order chi connectivity index (χ1) is 13.8. The van der Waals surface area contributed by atoms with E-state index in [1.165, 1.54) is 17.0 Å². The second-order valence-corrected chi connectivity index (χ2v) is 8.41. The standard InChI is InChI=1S/C20H22N4O4S/c1-3-7-23-18(26)20(17(25)21-19(23)29)11-13-10-14(24(27)28)4-5-15(13)22-8-6-12(2)9-16(20)22/h3-5,10,12,16H,1,6-9,11H2,2H3,(H,21,25,29)/t12-,16+,20+/m1/s1. The van der Waals surface area contributed by atoms with Gasteiger partial charge in [0.2, 0.25) is 11.8 Å². The zero-order valence-corrected chi connectivity index (χ0v) is 16.9. The maximum absolute atomic E-state index is 13.7. The highest BCUT2D eigenvalue weighted by Crippen LogP contribution is 2.49. The fourth-order valence-corrected chi connectivity index (χ4v) is 5.12. The van der Waals surface area contributed by atoms with Crippen LogP contribution in [0.4, 0.5) is 11.4 Å². The van der Waals surface area contributed by atoms with Crippen LogP contribution >= 0.6 is 12.2 Å². The number of carbonyl (C=O) groups is 2. The van der Waals surface area contributed by atoms with E-state index in [0.717, 1.165) is 12.1 Å². The lowest BCUT2D eigenvalue weighted by Gasteiger charge is -2.55. The molecule has 0 bridgehead atoms. The molecule has 1 N–H and O–H groups in total. The number of nitro benzene ring substituents is 1. The zero-order valence-electron chi connectivity index (χ0n) is 16.1. The Morgan fingerprint density at radius 2 is 2.21 bits per heavy atom. The van der Waals surface area contributed by atoms with Gasteiger partial charge in [-0.1, -0.05) is 13.0 Å². The number of rotatable bonds is 3. The minimum Gasteiger partial charge on any atom is -0.367 e. The Hall–Kier alpha value is -2.81. The van der Waals surface area contributed by atoms with Gasteiger partial charge < -0.3 is 10.2 Å². The third kappa shape index (κ3) is 2.83. The molecule has 3 heterocycles. The van der Waals surface area contributed by atoms with Crippen LogP contribution in [0.5, 0.6) is 0 Å². The van der Waals surface area contributed by atoms with Crippen molar-refractivity contribution in [2.75, 3.05) is 18.0 Å². The smallest absolute Gasteiger partial charge is 0.269 e. The molecule has 1 aromatic carbocycles. The number of fused-ring (bicyclic) bond motifs is 4. The predicted molar refractivity (Wildman–Crippen MR) is 111 cm³/mol.